The Hall–Kier alpha value is -1.80. The largest absolute Gasteiger partial charge is 0.496 e. The van der Waals surface area contributed by atoms with Crippen molar-refractivity contribution in [3.8, 4) is 16.9 Å². The van der Waals surface area contributed by atoms with Gasteiger partial charge in [0.25, 0.3) is 0 Å². The minimum absolute atomic E-state index is 0.0413. The number of benzene rings is 2. The van der Waals surface area contributed by atoms with Crippen molar-refractivity contribution in [3.05, 3.63) is 53.6 Å². The summed E-state index contributed by atoms with van der Waals surface area (Å²) < 4.78 is 5.40. The number of hydrogen-bond donors (Lipinski definition) is 1. The van der Waals surface area contributed by atoms with Gasteiger partial charge in [-0.3, -0.25) is 0 Å². The van der Waals surface area contributed by atoms with E-state index in [-0.39, 0.29) is 6.04 Å². The summed E-state index contributed by atoms with van der Waals surface area (Å²) in [7, 11) is 1.69. The van der Waals surface area contributed by atoms with Crippen LogP contribution in [0.25, 0.3) is 11.1 Å². The Balaban J connectivity index is 2.54. The molecule has 2 aromatic rings. The smallest absolute Gasteiger partial charge is 0.126 e. The standard InChI is InChI=1S/C16H19NO/c1-11-8-9-13(10-15(11)12(2)17)14-6-4-5-7-16(14)18-3/h4-10,12H,17H2,1-3H3. The maximum absolute atomic E-state index is 6.00. The van der Waals surface area contributed by atoms with Gasteiger partial charge in [-0.05, 0) is 42.7 Å². The molecule has 0 aliphatic rings. The van der Waals surface area contributed by atoms with Gasteiger partial charge in [-0.15, -0.1) is 0 Å². The molecule has 1 unspecified atom stereocenters. The highest BCUT2D eigenvalue weighted by molar-refractivity contribution is 5.71. The van der Waals surface area contributed by atoms with Crippen LogP contribution in [0, 0.1) is 6.92 Å². The van der Waals surface area contributed by atoms with Crippen molar-refractivity contribution >= 4 is 0 Å². The average molecular weight is 241 g/mol. The lowest BCUT2D eigenvalue weighted by Gasteiger charge is -2.14. The first-order valence-electron chi connectivity index (χ1n) is 6.13. The van der Waals surface area contributed by atoms with Crippen LogP contribution in [0.2, 0.25) is 0 Å². The zero-order valence-electron chi connectivity index (χ0n) is 11.1. The summed E-state index contributed by atoms with van der Waals surface area (Å²) in [6, 6.07) is 14.4. The van der Waals surface area contributed by atoms with Crippen LogP contribution in [0.15, 0.2) is 42.5 Å². The second-order valence-electron chi connectivity index (χ2n) is 4.56. The molecule has 0 bridgehead atoms. The van der Waals surface area contributed by atoms with Gasteiger partial charge in [0.05, 0.1) is 7.11 Å². The van der Waals surface area contributed by atoms with Crippen molar-refractivity contribution in [1.29, 1.82) is 0 Å². The van der Waals surface area contributed by atoms with Gasteiger partial charge in [0.15, 0.2) is 0 Å². The molecule has 0 heterocycles. The summed E-state index contributed by atoms with van der Waals surface area (Å²) in [5.74, 6) is 0.886. The number of ether oxygens (including phenoxy) is 1. The molecule has 0 aliphatic heterocycles. The number of hydrogen-bond acceptors (Lipinski definition) is 2. The molecule has 2 N–H and O–H groups in total. The normalized spacial score (nSPS) is 12.2. The molecule has 0 amide bonds. The number of aryl methyl sites for hydroxylation is 1. The zero-order chi connectivity index (χ0) is 13.1. The van der Waals surface area contributed by atoms with E-state index in [1.165, 1.54) is 11.1 Å². The molecule has 1 atom stereocenters. The second kappa shape index (κ2) is 5.23. The predicted octanol–water partition coefficient (Wildman–Crippen LogP) is 3.69. The van der Waals surface area contributed by atoms with Crippen LogP contribution in [0.5, 0.6) is 5.75 Å². The second-order valence-corrected chi connectivity index (χ2v) is 4.56. The molecule has 0 aliphatic carbocycles. The topological polar surface area (TPSA) is 35.2 Å². The number of methoxy groups -OCH3 is 1. The van der Waals surface area contributed by atoms with E-state index in [9.17, 15) is 0 Å². The Labute approximate surface area is 108 Å². The summed E-state index contributed by atoms with van der Waals surface area (Å²) >= 11 is 0. The van der Waals surface area contributed by atoms with E-state index in [0.717, 1.165) is 16.9 Å². The van der Waals surface area contributed by atoms with Crippen molar-refractivity contribution in [2.75, 3.05) is 7.11 Å². The van der Waals surface area contributed by atoms with Gasteiger partial charge in [-0.1, -0.05) is 30.3 Å². The minimum Gasteiger partial charge on any atom is -0.496 e. The third-order valence-electron chi connectivity index (χ3n) is 3.19. The van der Waals surface area contributed by atoms with Gasteiger partial charge in [0.2, 0.25) is 0 Å². The Morgan fingerprint density at radius 3 is 2.50 bits per heavy atom. The van der Waals surface area contributed by atoms with E-state index < -0.39 is 0 Å². The number of nitrogens with two attached hydrogens (primary N) is 1. The Bertz CT molecular complexity index is 547. The van der Waals surface area contributed by atoms with Crippen LogP contribution in [0.4, 0.5) is 0 Å². The molecule has 94 valence electrons. The summed E-state index contributed by atoms with van der Waals surface area (Å²) in [6.07, 6.45) is 0. The summed E-state index contributed by atoms with van der Waals surface area (Å²) in [4.78, 5) is 0. The van der Waals surface area contributed by atoms with Crippen LogP contribution >= 0.6 is 0 Å². The van der Waals surface area contributed by atoms with Crippen LogP contribution in [-0.4, -0.2) is 7.11 Å². The van der Waals surface area contributed by atoms with Crippen LogP contribution < -0.4 is 10.5 Å². The molecule has 2 heteroatoms. The van der Waals surface area contributed by atoms with Crippen molar-refractivity contribution < 1.29 is 4.74 Å². The number of rotatable bonds is 3. The minimum atomic E-state index is 0.0413. The van der Waals surface area contributed by atoms with E-state index in [1.807, 2.05) is 25.1 Å². The third kappa shape index (κ3) is 2.39. The van der Waals surface area contributed by atoms with E-state index >= 15 is 0 Å². The molecule has 0 fully saturated rings. The third-order valence-corrected chi connectivity index (χ3v) is 3.19. The molecule has 0 aromatic heterocycles. The first-order chi connectivity index (χ1) is 8.63. The average Bonchev–Trinajstić information content (AvgIpc) is 2.39. The van der Waals surface area contributed by atoms with Gasteiger partial charge in [-0.2, -0.15) is 0 Å². The molecular weight excluding hydrogens is 222 g/mol. The predicted molar refractivity (Wildman–Crippen MR) is 75.8 cm³/mol. The van der Waals surface area contributed by atoms with Gasteiger partial charge in [-0.25, -0.2) is 0 Å². The Kier molecular flexibility index (Phi) is 3.68. The highest BCUT2D eigenvalue weighted by Crippen LogP contribution is 2.31. The molecule has 2 rings (SSSR count). The van der Waals surface area contributed by atoms with Crippen LogP contribution in [0.3, 0.4) is 0 Å². The fourth-order valence-electron chi connectivity index (χ4n) is 2.18. The molecule has 2 aromatic carbocycles. The van der Waals surface area contributed by atoms with Gasteiger partial charge < -0.3 is 10.5 Å². The van der Waals surface area contributed by atoms with Crippen molar-refractivity contribution in [2.45, 2.75) is 19.9 Å². The van der Waals surface area contributed by atoms with Crippen LogP contribution in [-0.2, 0) is 0 Å². The van der Waals surface area contributed by atoms with Crippen molar-refractivity contribution in [3.63, 3.8) is 0 Å². The zero-order valence-corrected chi connectivity index (χ0v) is 11.1. The Morgan fingerprint density at radius 2 is 1.83 bits per heavy atom. The molecular formula is C16H19NO. The van der Waals surface area contributed by atoms with E-state index in [2.05, 4.69) is 31.2 Å². The monoisotopic (exact) mass is 241 g/mol. The van der Waals surface area contributed by atoms with Crippen molar-refractivity contribution in [1.82, 2.24) is 0 Å². The lowest BCUT2D eigenvalue weighted by Crippen LogP contribution is -2.07. The van der Waals surface area contributed by atoms with E-state index in [0.29, 0.717) is 0 Å². The molecule has 18 heavy (non-hydrogen) atoms. The molecule has 2 nitrogen and oxygen atoms in total. The van der Waals surface area contributed by atoms with Crippen molar-refractivity contribution in [2.24, 2.45) is 5.73 Å². The quantitative estimate of drug-likeness (QED) is 0.889. The van der Waals surface area contributed by atoms with E-state index in [4.69, 9.17) is 10.5 Å². The first-order valence-corrected chi connectivity index (χ1v) is 6.13. The highest BCUT2D eigenvalue weighted by Gasteiger charge is 2.09. The summed E-state index contributed by atoms with van der Waals surface area (Å²) in [5.41, 5.74) is 10.6. The molecule has 0 saturated heterocycles. The van der Waals surface area contributed by atoms with Gasteiger partial charge in [0, 0.05) is 11.6 Å². The van der Waals surface area contributed by atoms with Gasteiger partial charge >= 0.3 is 0 Å². The van der Waals surface area contributed by atoms with Gasteiger partial charge in [0.1, 0.15) is 5.75 Å². The number of para-hydroxylation sites is 1. The molecule has 0 radical (unpaired) electrons. The summed E-state index contributed by atoms with van der Waals surface area (Å²) in [6.45, 7) is 4.10. The lowest BCUT2D eigenvalue weighted by molar-refractivity contribution is 0.416. The lowest BCUT2D eigenvalue weighted by atomic mass is 9.96. The maximum atomic E-state index is 6.00. The maximum Gasteiger partial charge on any atom is 0.126 e. The first kappa shape index (κ1) is 12.7. The molecule has 0 saturated carbocycles. The summed E-state index contributed by atoms with van der Waals surface area (Å²) in [5, 5.41) is 0. The van der Waals surface area contributed by atoms with E-state index in [1.54, 1.807) is 7.11 Å². The SMILES string of the molecule is COc1ccccc1-c1ccc(C)c(C(C)N)c1. The highest BCUT2D eigenvalue weighted by atomic mass is 16.5. The fraction of sp³-hybridized carbons (Fsp3) is 0.250. The molecule has 0 spiro atoms. The van der Waals surface area contributed by atoms with Crippen LogP contribution in [0.1, 0.15) is 24.1 Å². The Morgan fingerprint density at radius 1 is 1.11 bits per heavy atom. The fourth-order valence-corrected chi connectivity index (χ4v) is 2.18.